The Labute approximate surface area is 150 Å². The second-order valence-electron chi connectivity index (χ2n) is 6.21. The molecule has 26 heavy (non-hydrogen) atoms. The molecule has 1 aliphatic heterocycles. The molecule has 0 bridgehead atoms. The van der Waals surface area contributed by atoms with E-state index in [0.717, 1.165) is 5.69 Å². The van der Waals surface area contributed by atoms with Crippen LogP contribution in [0.25, 0.3) is 0 Å². The summed E-state index contributed by atoms with van der Waals surface area (Å²) < 4.78 is 20.3. The third kappa shape index (κ3) is 3.68. The molecule has 0 saturated carbocycles. The summed E-state index contributed by atoms with van der Waals surface area (Å²) in [5, 5.41) is 6.88. The molecule has 138 valence electrons. The van der Waals surface area contributed by atoms with Gasteiger partial charge in [-0.25, -0.2) is 4.39 Å². The number of amides is 2. The quantitative estimate of drug-likeness (QED) is 0.872. The number of methoxy groups -OCH3 is 1. The Morgan fingerprint density at radius 2 is 2.19 bits per heavy atom. The highest BCUT2D eigenvalue weighted by Gasteiger charge is 2.30. The lowest BCUT2D eigenvalue weighted by Gasteiger charge is -2.33. The van der Waals surface area contributed by atoms with E-state index < -0.39 is 5.82 Å². The van der Waals surface area contributed by atoms with E-state index in [0.29, 0.717) is 24.4 Å². The van der Waals surface area contributed by atoms with Crippen molar-refractivity contribution in [2.75, 3.05) is 20.7 Å². The zero-order chi connectivity index (χ0) is 18.7. The number of fused-ring (bicyclic) bond motifs is 1. The fourth-order valence-corrected chi connectivity index (χ4v) is 3.18. The first-order valence-electron chi connectivity index (χ1n) is 8.35. The van der Waals surface area contributed by atoms with Crippen LogP contribution in [0.3, 0.4) is 0 Å². The van der Waals surface area contributed by atoms with Gasteiger partial charge in [0, 0.05) is 31.4 Å². The summed E-state index contributed by atoms with van der Waals surface area (Å²) in [6.45, 7) is 0.816. The van der Waals surface area contributed by atoms with Crippen LogP contribution in [-0.4, -0.2) is 47.2 Å². The van der Waals surface area contributed by atoms with Crippen LogP contribution in [0.2, 0.25) is 0 Å². The van der Waals surface area contributed by atoms with E-state index in [2.05, 4.69) is 10.4 Å². The van der Waals surface area contributed by atoms with Crippen molar-refractivity contribution in [1.82, 2.24) is 20.0 Å². The van der Waals surface area contributed by atoms with Crippen molar-refractivity contribution in [1.29, 1.82) is 0 Å². The molecule has 0 aliphatic carbocycles. The maximum absolute atomic E-state index is 13.3. The van der Waals surface area contributed by atoms with Gasteiger partial charge in [0.1, 0.15) is 11.6 Å². The Hall–Kier alpha value is -2.90. The molecule has 0 unspecified atom stereocenters. The number of hydrogen-bond acceptors (Lipinski definition) is 4. The molecule has 1 aliphatic rings. The fraction of sp³-hybridized carbons (Fsp3) is 0.389. The van der Waals surface area contributed by atoms with E-state index in [4.69, 9.17) is 4.74 Å². The van der Waals surface area contributed by atoms with Crippen molar-refractivity contribution in [3.63, 3.8) is 0 Å². The average molecular weight is 360 g/mol. The molecule has 0 spiro atoms. The molecule has 1 aromatic carbocycles. The summed E-state index contributed by atoms with van der Waals surface area (Å²) >= 11 is 0. The number of carbonyl (C=O) groups is 2. The molecular formula is C18H21FN4O3. The monoisotopic (exact) mass is 360 g/mol. The lowest BCUT2D eigenvalue weighted by molar-refractivity contribution is -0.133. The first-order valence-corrected chi connectivity index (χ1v) is 8.35. The van der Waals surface area contributed by atoms with Gasteiger partial charge >= 0.3 is 0 Å². The fourth-order valence-electron chi connectivity index (χ4n) is 3.18. The summed E-state index contributed by atoms with van der Waals surface area (Å²) in [5.74, 6) is -0.275. The maximum Gasteiger partial charge on any atom is 0.227 e. The van der Waals surface area contributed by atoms with E-state index in [1.807, 2.05) is 6.07 Å². The molecule has 0 saturated heterocycles. The van der Waals surface area contributed by atoms with Crippen LogP contribution in [0.1, 0.15) is 23.7 Å². The van der Waals surface area contributed by atoms with Gasteiger partial charge in [-0.05, 0) is 12.1 Å². The van der Waals surface area contributed by atoms with E-state index in [-0.39, 0.29) is 30.7 Å². The Balaban J connectivity index is 1.77. The van der Waals surface area contributed by atoms with Crippen LogP contribution in [0, 0.1) is 5.82 Å². The van der Waals surface area contributed by atoms with Crippen LogP contribution in [0.15, 0.2) is 30.5 Å². The van der Waals surface area contributed by atoms with Gasteiger partial charge in [0.05, 0.1) is 38.2 Å². The molecule has 2 aromatic rings. The summed E-state index contributed by atoms with van der Waals surface area (Å²) in [6.07, 6.45) is 2.02. The lowest BCUT2D eigenvalue weighted by Crippen LogP contribution is -2.43. The second kappa shape index (κ2) is 7.55. The Kier molecular flexibility index (Phi) is 5.20. The van der Waals surface area contributed by atoms with Gasteiger partial charge in [-0.15, -0.1) is 0 Å². The molecule has 1 N–H and O–H groups in total. The zero-order valence-electron chi connectivity index (χ0n) is 14.7. The van der Waals surface area contributed by atoms with Gasteiger partial charge in [0.15, 0.2) is 0 Å². The molecule has 7 nitrogen and oxygen atoms in total. The third-order valence-electron chi connectivity index (χ3n) is 4.53. The van der Waals surface area contributed by atoms with Crippen molar-refractivity contribution in [2.24, 2.45) is 0 Å². The van der Waals surface area contributed by atoms with Gasteiger partial charge in [-0.2, -0.15) is 5.10 Å². The van der Waals surface area contributed by atoms with Gasteiger partial charge in [0.2, 0.25) is 11.8 Å². The molecule has 0 radical (unpaired) electrons. The zero-order valence-corrected chi connectivity index (χ0v) is 14.7. The van der Waals surface area contributed by atoms with Crippen LogP contribution in [-0.2, 0) is 22.6 Å². The van der Waals surface area contributed by atoms with Gasteiger partial charge in [-0.3, -0.25) is 14.3 Å². The molecule has 2 heterocycles. The smallest absolute Gasteiger partial charge is 0.227 e. The topological polar surface area (TPSA) is 76.5 Å². The molecule has 8 heteroatoms. The van der Waals surface area contributed by atoms with E-state index in [1.165, 1.54) is 19.2 Å². The molecule has 0 fully saturated rings. The van der Waals surface area contributed by atoms with E-state index in [9.17, 15) is 14.0 Å². The highest BCUT2D eigenvalue weighted by Crippen LogP contribution is 2.25. The molecule has 1 atom stereocenters. The minimum absolute atomic E-state index is 0.101. The molecular weight excluding hydrogens is 339 g/mol. The van der Waals surface area contributed by atoms with E-state index in [1.54, 1.807) is 28.9 Å². The number of ether oxygens (including phenoxy) is 1. The number of rotatable bonds is 5. The summed E-state index contributed by atoms with van der Waals surface area (Å²) in [5.41, 5.74) is 1.51. The highest BCUT2D eigenvalue weighted by molar-refractivity contribution is 5.80. The minimum atomic E-state index is -0.412. The van der Waals surface area contributed by atoms with Crippen LogP contribution < -0.4 is 10.1 Å². The normalized spacial score (nSPS) is 16.1. The van der Waals surface area contributed by atoms with Crippen molar-refractivity contribution >= 4 is 11.8 Å². The predicted octanol–water partition coefficient (Wildman–Crippen LogP) is 1.29. The van der Waals surface area contributed by atoms with Crippen molar-refractivity contribution in [3.05, 3.63) is 47.5 Å². The Morgan fingerprint density at radius 1 is 1.38 bits per heavy atom. The Bertz CT molecular complexity index is 821. The molecule has 2 amide bonds. The predicted molar refractivity (Wildman–Crippen MR) is 92.0 cm³/mol. The minimum Gasteiger partial charge on any atom is -0.496 e. The first-order chi connectivity index (χ1) is 12.5. The third-order valence-corrected chi connectivity index (χ3v) is 4.53. The summed E-state index contributed by atoms with van der Waals surface area (Å²) in [4.78, 5) is 26.3. The Morgan fingerprint density at radius 3 is 2.92 bits per heavy atom. The number of nitrogens with zero attached hydrogens (tertiary/aromatic N) is 3. The van der Waals surface area contributed by atoms with Crippen molar-refractivity contribution in [2.45, 2.75) is 25.4 Å². The maximum atomic E-state index is 13.3. The number of halogens is 1. The van der Waals surface area contributed by atoms with Crippen LogP contribution in [0.5, 0.6) is 5.75 Å². The average Bonchev–Trinajstić information content (AvgIpc) is 3.11. The summed E-state index contributed by atoms with van der Waals surface area (Å²) in [7, 11) is 3.03. The van der Waals surface area contributed by atoms with Gasteiger partial charge < -0.3 is 15.0 Å². The number of benzene rings is 1. The number of aromatic nitrogens is 2. The summed E-state index contributed by atoms with van der Waals surface area (Å²) in [6, 6.07) is 5.76. The number of nitrogens with one attached hydrogen (secondary N) is 1. The van der Waals surface area contributed by atoms with Crippen molar-refractivity contribution < 1.29 is 18.7 Å². The molecule has 1 aromatic heterocycles. The number of hydrogen-bond donors (Lipinski definition) is 1. The van der Waals surface area contributed by atoms with Gasteiger partial charge in [-0.1, -0.05) is 6.07 Å². The van der Waals surface area contributed by atoms with Crippen LogP contribution in [0.4, 0.5) is 4.39 Å². The molecule has 3 rings (SSSR count). The SMILES string of the molecule is CNC(=O)C[C@H]1CN(C(=O)Cc2ccc(F)cc2OC)Cc2ccnn21. The van der Waals surface area contributed by atoms with E-state index >= 15 is 0 Å². The van der Waals surface area contributed by atoms with Crippen LogP contribution >= 0.6 is 0 Å². The lowest BCUT2D eigenvalue weighted by atomic mass is 10.1. The first kappa shape index (κ1) is 17.9. The van der Waals surface area contributed by atoms with Gasteiger partial charge in [0.25, 0.3) is 0 Å². The standard InChI is InChI=1S/C18H21FN4O3/c1-20-17(24)9-15-11-22(10-14-5-6-21-23(14)15)18(25)7-12-3-4-13(19)8-16(12)26-2/h3-6,8,15H,7,9-11H2,1-2H3,(H,20,24)/t15-/m0/s1. The number of carbonyl (C=O) groups excluding carboxylic acids is 2. The van der Waals surface area contributed by atoms with Crippen molar-refractivity contribution in [3.8, 4) is 5.75 Å². The highest BCUT2D eigenvalue weighted by atomic mass is 19.1. The second-order valence-corrected chi connectivity index (χ2v) is 6.21. The largest absolute Gasteiger partial charge is 0.496 e.